The number of benzene rings is 1. The normalized spacial score (nSPS) is 18.4. The van der Waals surface area contributed by atoms with Gasteiger partial charge in [0.1, 0.15) is 5.82 Å². The zero-order valence-electron chi connectivity index (χ0n) is 11.3. The van der Waals surface area contributed by atoms with E-state index in [-0.39, 0.29) is 23.0 Å². The number of rotatable bonds is 3. The number of carbonyl (C=O) groups excluding carboxylic acids is 1. The van der Waals surface area contributed by atoms with Crippen molar-refractivity contribution in [3.05, 3.63) is 29.0 Å². The van der Waals surface area contributed by atoms with Gasteiger partial charge in [0.15, 0.2) is 0 Å². The number of urea groups is 1. The molecule has 2 N–H and O–H groups in total. The van der Waals surface area contributed by atoms with Crippen molar-refractivity contribution in [3.8, 4) is 0 Å². The van der Waals surface area contributed by atoms with Crippen LogP contribution in [0.1, 0.15) is 19.3 Å². The molecular formula is C14H16ClFN2O3. The molecule has 0 bridgehead atoms. The van der Waals surface area contributed by atoms with Crippen LogP contribution >= 0.6 is 11.6 Å². The predicted octanol–water partition coefficient (Wildman–Crippen LogP) is 3.20. The molecule has 0 spiro atoms. The molecule has 1 aliphatic heterocycles. The van der Waals surface area contributed by atoms with E-state index in [1.54, 1.807) is 0 Å². The highest BCUT2D eigenvalue weighted by molar-refractivity contribution is 6.33. The van der Waals surface area contributed by atoms with Gasteiger partial charge in [-0.3, -0.25) is 4.79 Å². The maximum Gasteiger partial charge on any atom is 0.321 e. The molecule has 114 valence electrons. The van der Waals surface area contributed by atoms with Crippen LogP contribution in [0.5, 0.6) is 0 Å². The van der Waals surface area contributed by atoms with Crippen LogP contribution < -0.4 is 5.32 Å². The maximum absolute atomic E-state index is 13.6. The van der Waals surface area contributed by atoms with E-state index in [1.807, 2.05) is 0 Å². The first-order valence-corrected chi connectivity index (χ1v) is 7.07. The molecule has 0 aromatic heterocycles. The number of anilines is 1. The van der Waals surface area contributed by atoms with Crippen LogP contribution in [0.3, 0.4) is 0 Å². The molecule has 5 nitrogen and oxygen atoms in total. The first-order valence-electron chi connectivity index (χ1n) is 6.69. The Morgan fingerprint density at radius 2 is 2.24 bits per heavy atom. The second-order valence-electron chi connectivity index (χ2n) is 5.08. The van der Waals surface area contributed by atoms with Gasteiger partial charge in [-0.05, 0) is 30.9 Å². The van der Waals surface area contributed by atoms with Gasteiger partial charge in [0.05, 0.1) is 10.7 Å². The highest BCUT2D eigenvalue weighted by Gasteiger charge is 2.26. The van der Waals surface area contributed by atoms with Gasteiger partial charge in [0, 0.05) is 19.5 Å². The molecule has 1 aromatic rings. The summed E-state index contributed by atoms with van der Waals surface area (Å²) in [6.45, 7) is 0.873. The van der Waals surface area contributed by atoms with E-state index in [1.165, 1.54) is 23.1 Å². The predicted molar refractivity (Wildman–Crippen MR) is 77.0 cm³/mol. The fourth-order valence-electron chi connectivity index (χ4n) is 2.47. The second kappa shape index (κ2) is 6.76. The van der Waals surface area contributed by atoms with Crippen LogP contribution in [0.25, 0.3) is 0 Å². The van der Waals surface area contributed by atoms with Crippen molar-refractivity contribution >= 4 is 29.3 Å². The minimum absolute atomic E-state index is 0.0320. The van der Waals surface area contributed by atoms with E-state index in [4.69, 9.17) is 16.7 Å². The molecule has 0 radical (unpaired) electrons. The number of amides is 2. The number of nitrogens with zero attached hydrogens (tertiary/aromatic N) is 1. The Hall–Kier alpha value is -1.82. The first-order chi connectivity index (χ1) is 9.97. The standard InChI is InChI=1S/C14H16ClFN2O3/c15-10-4-1-5-11(16)13(10)17-14(21)18-6-2-3-9(8-18)7-12(19)20/h1,4-5,9H,2-3,6-8H2,(H,17,21)(H,19,20). The average molecular weight is 315 g/mol. The van der Waals surface area contributed by atoms with Gasteiger partial charge < -0.3 is 15.3 Å². The summed E-state index contributed by atoms with van der Waals surface area (Å²) < 4.78 is 13.6. The molecule has 0 saturated carbocycles. The van der Waals surface area contributed by atoms with Crippen molar-refractivity contribution in [1.29, 1.82) is 0 Å². The molecule has 1 saturated heterocycles. The van der Waals surface area contributed by atoms with Crippen LogP contribution in [0.4, 0.5) is 14.9 Å². The molecule has 7 heteroatoms. The largest absolute Gasteiger partial charge is 0.481 e. The van der Waals surface area contributed by atoms with Crippen LogP contribution in [0.15, 0.2) is 18.2 Å². The van der Waals surface area contributed by atoms with E-state index < -0.39 is 17.8 Å². The zero-order chi connectivity index (χ0) is 15.4. The first kappa shape index (κ1) is 15.6. The lowest BCUT2D eigenvalue weighted by atomic mass is 9.95. The molecule has 2 rings (SSSR count). The summed E-state index contributed by atoms with van der Waals surface area (Å²) in [7, 11) is 0. The van der Waals surface area contributed by atoms with Gasteiger partial charge in [0.25, 0.3) is 0 Å². The molecule has 21 heavy (non-hydrogen) atoms. The topological polar surface area (TPSA) is 69.6 Å². The SMILES string of the molecule is O=C(O)CC1CCCN(C(=O)Nc2c(F)cccc2Cl)C1. The Balaban J connectivity index is 2.01. The van der Waals surface area contributed by atoms with Crippen molar-refractivity contribution in [2.24, 2.45) is 5.92 Å². The van der Waals surface area contributed by atoms with Crippen molar-refractivity contribution in [3.63, 3.8) is 0 Å². The number of hydrogen-bond acceptors (Lipinski definition) is 2. The Bertz CT molecular complexity index is 533. The third-order valence-corrected chi connectivity index (χ3v) is 3.78. The van der Waals surface area contributed by atoms with Crippen LogP contribution in [-0.2, 0) is 4.79 Å². The summed E-state index contributed by atoms with van der Waals surface area (Å²) in [5.41, 5.74) is -0.0514. The van der Waals surface area contributed by atoms with E-state index >= 15 is 0 Å². The number of carboxylic acids is 1. The van der Waals surface area contributed by atoms with Gasteiger partial charge in [-0.15, -0.1) is 0 Å². The van der Waals surface area contributed by atoms with Crippen molar-refractivity contribution in [1.82, 2.24) is 4.90 Å². The Labute approximate surface area is 126 Å². The minimum Gasteiger partial charge on any atom is -0.481 e. The fourth-order valence-corrected chi connectivity index (χ4v) is 2.68. The Morgan fingerprint density at radius 1 is 1.48 bits per heavy atom. The summed E-state index contributed by atoms with van der Waals surface area (Å²) in [5.74, 6) is -1.55. The van der Waals surface area contributed by atoms with Gasteiger partial charge in [-0.25, -0.2) is 9.18 Å². The third kappa shape index (κ3) is 4.07. The molecule has 1 atom stereocenters. The quantitative estimate of drug-likeness (QED) is 0.900. The maximum atomic E-state index is 13.6. The third-order valence-electron chi connectivity index (χ3n) is 3.46. The molecule has 1 unspecified atom stereocenters. The molecule has 2 amide bonds. The van der Waals surface area contributed by atoms with Crippen molar-refractivity contribution < 1.29 is 19.1 Å². The molecule has 0 aliphatic carbocycles. The van der Waals surface area contributed by atoms with E-state index in [0.29, 0.717) is 13.1 Å². The highest BCUT2D eigenvalue weighted by Crippen LogP contribution is 2.26. The van der Waals surface area contributed by atoms with Gasteiger partial charge in [0.2, 0.25) is 0 Å². The summed E-state index contributed by atoms with van der Waals surface area (Å²) >= 11 is 5.86. The van der Waals surface area contributed by atoms with Gasteiger partial charge in [-0.1, -0.05) is 17.7 Å². The van der Waals surface area contributed by atoms with Gasteiger partial charge >= 0.3 is 12.0 Å². The number of para-hydroxylation sites is 1. The lowest BCUT2D eigenvalue weighted by molar-refractivity contribution is -0.138. The summed E-state index contributed by atoms with van der Waals surface area (Å²) in [6.07, 6.45) is 1.54. The fraction of sp³-hybridized carbons (Fsp3) is 0.429. The highest BCUT2D eigenvalue weighted by atomic mass is 35.5. The molecule has 1 fully saturated rings. The number of halogens is 2. The summed E-state index contributed by atoms with van der Waals surface area (Å²) in [5, 5.41) is 11.4. The molecule has 1 aromatic carbocycles. The second-order valence-corrected chi connectivity index (χ2v) is 5.49. The van der Waals surface area contributed by atoms with Crippen molar-refractivity contribution in [2.45, 2.75) is 19.3 Å². The van der Waals surface area contributed by atoms with Gasteiger partial charge in [-0.2, -0.15) is 0 Å². The van der Waals surface area contributed by atoms with Crippen LogP contribution in [0, 0.1) is 11.7 Å². The van der Waals surface area contributed by atoms with Crippen LogP contribution in [-0.4, -0.2) is 35.1 Å². The number of hydrogen-bond donors (Lipinski definition) is 2. The molecule has 1 aliphatic rings. The number of carboxylic acid groups (broad SMARTS) is 1. The molecule has 1 heterocycles. The number of nitrogens with one attached hydrogen (secondary N) is 1. The van der Waals surface area contributed by atoms with Crippen molar-refractivity contribution in [2.75, 3.05) is 18.4 Å². The smallest absolute Gasteiger partial charge is 0.321 e. The lowest BCUT2D eigenvalue weighted by Gasteiger charge is -2.32. The number of likely N-dealkylation sites (tertiary alicyclic amines) is 1. The number of aliphatic carboxylic acids is 1. The number of carbonyl (C=O) groups is 2. The number of piperidine rings is 1. The monoisotopic (exact) mass is 314 g/mol. The van der Waals surface area contributed by atoms with E-state index in [0.717, 1.165) is 12.8 Å². The van der Waals surface area contributed by atoms with Crippen LogP contribution in [0.2, 0.25) is 5.02 Å². The average Bonchev–Trinajstić information content (AvgIpc) is 2.42. The summed E-state index contributed by atoms with van der Waals surface area (Å²) in [4.78, 5) is 24.4. The lowest BCUT2D eigenvalue weighted by Crippen LogP contribution is -2.42. The van der Waals surface area contributed by atoms with E-state index in [9.17, 15) is 14.0 Å². The minimum atomic E-state index is -0.876. The zero-order valence-corrected chi connectivity index (χ0v) is 12.1. The summed E-state index contributed by atoms with van der Waals surface area (Å²) in [6, 6.07) is 3.70. The van der Waals surface area contributed by atoms with E-state index in [2.05, 4.69) is 5.32 Å². The Kier molecular flexibility index (Phi) is 5.01. The molecular weight excluding hydrogens is 299 g/mol. The Morgan fingerprint density at radius 3 is 2.90 bits per heavy atom.